The van der Waals surface area contributed by atoms with Crippen molar-refractivity contribution in [2.45, 2.75) is 143 Å². The average molecular weight is 389 g/mol. The number of hydrogen-bond acceptors (Lipinski definition) is 3. The maximum Gasteiger partial charge on any atom is 0.0662 e. The molecule has 0 heterocycles. The Labute approximate surface area is 171 Å². The third-order valence-electron chi connectivity index (χ3n) is 5.00. The number of unbranched alkanes of at least 4 members (excludes halogenated alkanes) is 8. The summed E-state index contributed by atoms with van der Waals surface area (Å²) in [5.41, 5.74) is 0. The molecule has 0 amide bonds. The van der Waals surface area contributed by atoms with Crippen LogP contribution >= 0.6 is 0 Å². The summed E-state index contributed by atoms with van der Waals surface area (Å²) in [6.45, 7) is 8.94. The lowest BCUT2D eigenvalue weighted by Gasteiger charge is -2.25. The summed E-state index contributed by atoms with van der Waals surface area (Å²) in [7, 11) is 0. The molecule has 0 aliphatic heterocycles. The Hall–Kier alpha value is -0.120. The van der Waals surface area contributed by atoms with Gasteiger partial charge in [-0.25, -0.2) is 0 Å². The van der Waals surface area contributed by atoms with Crippen molar-refractivity contribution in [2.24, 2.45) is 0 Å². The van der Waals surface area contributed by atoms with Crippen molar-refractivity contribution >= 4 is 0 Å². The Bertz CT molecular complexity index is 202. The zero-order valence-corrected chi connectivity index (χ0v) is 19.2. The smallest absolute Gasteiger partial charge is 0.0662 e. The van der Waals surface area contributed by atoms with Crippen LogP contribution in [0.15, 0.2) is 0 Å². The molecule has 0 radical (unpaired) electrons. The van der Waals surface area contributed by atoms with E-state index in [1.54, 1.807) is 0 Å². The second-order valence-corrected chi connectivity index (χ2v) is 7.81. The molecular weight excluding hydrogens is 336 g/mol. The van der Waals surface area contributed by atoms with Gasteiger partial charge in [-0.2, -0.15) is 0 Å². The van der Waals surface area contributed by atoms with E-state index >= 15 is 0 Å². The number of ether oxygens (including phenoxy) is 1. The molecule has 0 aromatic rings. The number of rotatable bonds is 19. The summed E-state index contributed by atoms with van der Waals surface area (Å²) < 4.78 is 6.64. The van der Waals surface area contributed by atoms with Crippen LogP contribution in [-0.4, -0.2) is 35.6 Å². The molecule has 0 saturated carbocycles. The van der Waals surface area contributed by atoms with Crippen molar-refractivity contribution < 1.29 is 14.9 Å². The maximum absolute atomic E-state index is 7.62. The minimum Gasteiger partial charge on any atom is -0.394 e. The van der Waals surface area contributed by atoms with Gasteiger partial charge >= 0.3 is 0 Å². The molecule has 27 heavy (non-hydrogen) atoms. The Morgan fingerprint density at radius 3 is 0.926 bits per heavy atom. The molecule has 166 valence electrons. The number of hydrogen-bond donors (Lipinski definition) is 2. The molecule has 3 nitrogen and oxygen atoms in total. The van der Waals surface area contributed by atoms with Crippen LogP contribution in [0.2, 0.25) is 0 Å². The van der Waals surface area contributed by atoms with Crippen LogP contribution in [0.4, 0.5) is 0 Å². The molecule has 0 bridgehead atoms. The van der Waals surface area contributed by atoms with Crippen molar-refractivity contribution in [1.29, 1.82) is 0 Å². The van der Waals surface area contributed by atoms with Crippen molar-refractivity contribution in [3.05, 3.63) is 0 Å². The molecular formula is C24H52O3. The topological polar surface area (TPSA) is 49.7 Å². The zero-order valence-electron chi connectivity index (χ0n) is 19.2. The highest BCUT2D eigenvalue weighted by Gasteiger charge is 2.16. The van der Waals surface area contributed by atoms with E-state index in [4.69, 9.17) is 14.9 Å². The van der Waals surface area contributed by atoms with E-state index in [2.05, 4.69) is 27.7 Å². The van der Waals surface area contributed by atoms with Crippen LogP contribution in [0.5, 0.6) is 0 Å². The van der Waals surface area contributed by atoms with Gasteiger partial charge in [-0.15, -0.1) is 0 Å². The van der Waals surface area contributed by atoms with Gasteiger partial charge < -0.3 is 14.9 Å². The molecule has 0 fully saturated rings. The van der Waals surface area contributed by atoms with Gasteiger partial charge in [-0.3, -0.25) is 0 Å². The van der Waals surface area contributed by atoms with E-state index in [1.165, 1.54) is 103 Å². The Balaban J connectivity index is 0. The zero-order chi connectivity index (χ0) is 20.6. The first kappa shape index (κ1) is 29.1. The van der Waals surface area contributed by atoms with Gasteiger partial charge in [-0.05, 0) is 25.7 Å². The number of aliphatic hydroxyl groups is 2. The van der Waals surface area contributed by atoms with Crippen LogP contribution in [0.25, 0.3) is 0 Å². The summed E-state index contributed by atoms with van der Waals surface area (Å²) >= 11 is 0. The van der Waals surface area contributed by atoms with E-state index in [9.17, 15) is 0 Å². The molecule has 0 atom stereocenters. The Kier molecular flexibility index (Phi) is 27.9. The van der Waals surface area contributed by atoms with Crippen LogP contribution in [0.3, 0.4) is 0 Å². The quantitative estimate of drug-likeness (QED) is 0.233. The van der Waals surface area contributed by atoms with Crippen LogP contribution in [-0.2, 0) is 4.74 Å². The summed E-state index contributed by atoms with van der Waals surface area (Å²) in [5, 5.41) is 15.2. The van der Waals surface area contributed by atoms with Gasteiger partial charge in [0.2, 0.25) is 0 Å². The lowest BCUT2D eigenvalue weighted by atomic mass is 10.0. The van der Waals surface area contributed by atoms with E-state index in [0.717, 1.165) is 0 Å². The third kappa shape index (κ3) is 23.8. The number of aliphatic hydroxyl groups excluding tert-OH is 2. The van der Waals surface area contributed by atoms with Gasteiger partial charge in [0.05, 0.1) is 25.4 Å². The lowest BCUT2D eigenvalue weighted by Crippen LogP contribution is -2.23. The lowest BCUT2D eigenvalue weighted by molar-refractivity contribution is -0.0322. The van der Waals surface area contributed by atoms with Crippen molar-refractivity contribution in [2.75, 3.05) is 13.2 Å². The van der Waals surface area contributed by atoms with Gasteiger partial charge in [0.1, 0.15) is 0 Å². The molecule has 0 saturated heterocycles. The van der Waals surface area contributed by atoms with Gasteiger partial charge in [0, 0.05) is 0 Å². The van der Waals surface area contributed by atoms with E-state index < -0.39 is 0 Å². The minimum absolute atomic E-state index is 0.125. The fraction of sp³-hybridized carbons (Fsp3) is 1.00. The van der Waals surface area contributed by atoms with E-state index in [1.807, 2.05) is 0 Å². The molecule has 3 heteroatoms. The third-order valence-corrected chi connectivity index (χ3v) is 5.00. The fourth-order valence-electron chi connectivity index (χ4n) is 3.32. The van der Waals surface area contributed by atoms with Crippen molar-refractivity contribution in [3.63, 3.8) is 0 Å². The molecule has 0 aliphatic rings. The van der Waals surface area contributed by atoms with Crippen LogP contribution < -0.4 is 0 Å². The second-order valence-electron chi connectivity index (χ2n) is 7.81. The molecule has 0 spiro atoms. The molecule has 0 unspecified atom stereocenters. The molecule has 2 N–H and O–H groups in total. The highest BCUT2D eigenvalue weighted by Crippen LogP contribution is 2.21. The van der Waals surface area contributed by atoms with Gasteiger partial charge in [-0.1, -0.05) is 105 Å². The predicted octanol–water partition coefficient (Wildman–Crippen LogP) is 7.03. The Morgan fingerprint density at radius 2 is 0.741 bits per heavy atom. The monoisotopic (exact) mass is 388 g/mol. The largest absolute Gasteiger partial charge is 0.394 e. The summed E-state index contributed by atoms with van der Waals surface area (Å²) in [5.74, 6) is 0. The molecule has 0 rings (SSSR count). The molecule has 0 aromatic heterocycles. The predicted molar refractivity (Wildman–Crippen MR) is 119 cm³/mol. The van der Waals surface area contributed by atoms with Crippen molar-refractivity contribution in [3.8, 4) is 0 Å². The highest BCUT2D eigenvalue weighted by molar-refractivity contribution is 4.66. The first-order valence-electron chi connectivity index (χ1n) is 12.1. The fourth-order valence-corrected chi connectivity index (χ4v) is 3.32. The maximum atomic E-state index is 7.62. The average Bonchev–Trinajstić information content (AvgIpc) is 2.68. The Morgan fingerprint density at radius 1 is 0.481 bits per heavy atom. The summed E-state index contributed by atoms with van der Waals surface area (Å²) in [4.78, 5) is 0. The highest BCUT2D eigenvalue weighted by atomic mass is 16.5. The summed E-state index contributed by atoms with van der Waals surface area (Å²) in [6, 6.07) is 0. The first-order chi connectivity index (χ1) is 13.2. The standard InChI is InChI=1S/C22H46O.C2H6O2/c1-5-9-13-17-21(18-14-10-6-2)23-22(19-15-11-7-3)20-16-12-8-4;3-1-2-4/h21-22H,5-20H2,1-4H3;3-4H,1-2H2. The van der Waals surface area contributed by atoms with Crippen LogP contribution in [0, 0.1) is 0 Å². The minimum atomic E-state index is -0.125. The first-order valence-corrected chi connectivity index (χ1v) is 12.1. The SMILES string of the molecule is CCCCCC(CCCCC)OC(CCCCC)CCCCC.OCCO. The van der Waals surface area contributed by atoms with Crippen LogP contribution in [0.1, 0.15) is 130 Å². The normalized spacial score (nSPS) is 11.1. The summed E-state index contributed by atoms with van der Waals surface area (Å²) in [6.07, 6.45) is 22.3. The van der Waals surface area contributed by atoms with E-state index in [0.29, 0.717) is 12.2 Å². The van der Waals surface area contributed by atoms with Crippen molar-refractivity contribution in [1.82, 2.24) is 0 Å². The molecule has 0 aliphatic carbocycles. The second kappa shape index (κ2) is 25.9. The molecule has 0 aromatic carbocycles. The van der Waals surface area contributed by atoms with Gasteiger partial charge in [0.15, 0.2) is 0 Å². The van der Waals surface area contributed by atoms with Gasteiger partial charge in [0.25, 0.3) is 0 Å². The van der Waals surface area contributed by atoms with E-state index in [-0.39, 0.29) is 13.2 Å².